The van der Waals surface area contributed by atoms with Gasteiger partial charge in [-0.2, -0.15) is 0 Å². The van der Waals surface area contributed by atoms with Gasteiger partial charge in [0, 0.05) is 14.6 Å². The molecule has 14 heavy (non-hydrogen) atoms. The number of hydrogen-bond acceptors (Lipinski definition) is 2. The van der Waals surface area contributed by atoms with Gasteiger partial charge in [-0.1, -0.05) is 39.0 Å². The van der Waals surface area contributed by atoms with Crippen LogP contribution in [0.2, 0.25) is 25.2 Å². The molecular weight excluding hydrogens is 188 g/mol. The normalized spacial score (nSPS) is 14.0. The molecule has 0 heterocycles. The Morgan fingerprint density at radius 1 is 1.43 bits per heavy atom. The standard InChI is InChI=1S/C11H26N2Si/c1-6-14(4,5)10-11(2)9-13-8-7-12-3/h11,13H,3,6-10H2,1-2,4-5H3. The fourth-order valence-corrected chi connectivity index (χ4v) is 3.99. The average molecular weight is 214 g/mol. The van der Waals surface area contributed by atoms with E-state index in [1.807, 2.05) is 0 Å². The van der Waals surface area contributed by atoms with Gasteiger partial charge in [0.15, 0.2) is 0 Å². The summed E-state index contributed by atoms with van der Waals surface area (Å²) in [6.45, 7) is 16.0. The van der Waals surface area contributed by atoms with E-state index in [9.17, 15) is 0 Å². The van der Waals surface area contributed by atoms with Gasteiger partial charge in [-0.15, -0.1) is 0 Å². The van der Waals surface area contributed by atoms with Crippen LogP contribution < -0.4 is 5.32 Å². The van der Waals surface area contributed by atoms with Gasteiger partial charge in [0.2, 0.25) is 0 Å². The molecule has 0 spiro atoms. The second-order valence-corrected chi connectivity index (χ2v) is 10.4. The quantitative estimate of drug-likeness (QED) is 0.375. The third kappa shape index (κ3) is 7.27. The van der Waals surface area contributed by atoms with Crippen molar-refractivity contribution in [1.29, 1.82) is 0 Å². The molecule has 0 aromatic carbocycles. The minimum Gasteiger partial charge on any atom is -0.315 e. The first-order chi connectivity index (χ1) is 6.52. The summed E-state index contributed by atoms with van der Waals surface area (Å²) in [4.78, 5) is 3.82. The van der Waals surface area contributed by atoms with E-state index in [4.69, 9.17) is 0 Å². The highest BCUT2D eigenvalue weighted by Gasteiger charge is 2.20. The second-order valence-electron chi connectivity index (χ2n) is 4.98. The van der Waals surface area contributed by atoms with Crippen LogP contribution in [-0.4, -0.2) is 34.4 Å². The molecule has 84 valence electrons. The molecule has 0 aliphatic heterocycles. The van der Waals surface area contributed by atoms with Crippen molar-refractivity contribution >= 4 is 14.8 Å². The van der Waals surface area contributed by atoms with Gasteiger partial charge in [0.1, 0.15) is 0 Å². The van der Waals surface area contributed by atoms with Gasteiger partial charge in [-0.3, -0.25) is 4.99 Å². The van der Waals surface area contributed by atoms with Crippen molar-refractivity contribution in [3.63, 3.8) is 0 Å². The number of hydrogen-bond donors (Lipinski definition) is 1. The summed E-state index contributed by atoms with van der Waals surface area (Å²) in [6.07, 6.45) is 0. The SMILES string of the molecule is C=NCCNCC(C)C[Si](C)(C)CC. The zero-order valence-electron chi connectivity index (χ0n) is 10.3. The van der Waals surface area contributed by atoms with Crippen LogP contribution in [0, 0.1) is 5.92 Å². The zero-order valence-corrected chi connectivity index (χ0v) is 11.3. The molecule has 2 nitrogen and oxygen atoms in total. The van der Waals surface area contributed by atoms with E-state index in [1.54, 1.807) is 0 Å². The van der Waals surface area contributed by atoms with Crippen LogP contribution in [0.4, 0.5) is 0 Å². The van der Waals surface area contributed by atoms with E-state index in [1.165, 1.54) is 12.1 Å². The Morgan fingerprint density at radius 3 is 2.57 bits per heavy atom. The largest absolute Gasteiger partial charge is 0.315 e. The summed E-state index contributed by atoms with van der Waals surface area (Å²) in [5, 5.41) is 3.42. The summed E-state index contributed by atoms with van der Waals surface area (Å²) in [7, 11) is -0.885. The summed E-state index contributed by atoms with van der Waals surface area (Å²) >= 11 is 0. The van der Waals surface area contributed by atoms with Crippen LogP contribution in [0.15, 0.2) is 4.99 Å². The zero-order chi connectivity index (χ0) is 11.0. The minimum atomic E-state index is -0.885. The molecule has 0 radical (unpaired) electrons. The molecule has 1 N–H and O–H groups in total. The molecule has 3 heteroatoms. The van der Waals surface area contributed by atoms with Crippen LogP contribution >= 0.6 is 0 Å². The lowest BCUT2D eigenvalue weighted by molar-refractivity contribution is 0.551. The summed E-state index contributed by atoms with van der Waals surface area (Å²) in [5.74, 6) is 0.807. The van der Waals surface area contributed by atoms with E-state index < -0.39 is 8.07 Å². The van der Waals surface area contributed by atoms with Crippen molar-refractivity contribution in [1.82, 2.24) is 5.32 Å². The number of rotatable bonds is 8. The summed E-state index contributed by atoms with van der Waals surface area (Å²) in [5.41, 5.74) is 0. The Balaban J connectivity index is 3.54. The maximum absolute atomic E-state index is 3.82. The molecule has 1 unspecified atom stereocenters. The smallest absolute Gasteiger partial charge is 0.0507 e. The third-order valence-electron chi connectivity index (χ3n) is 2.80. The minimum absolute atomic E-state index is 0.807. The topological polar surface area (TPSA) is 24.4 Å². The van der Waals surface area contributed by atoms with Gasteiger partial charge < -0.3 is 5.32 Å². The maximum atomic E-state index is 3.82. The maximum Gasteiger partial charge on any atom is 0.0507 e. The van der Waals surface area contributed by atoms with Gasteiger partial charge >= 0.3 is 0 Å². The molecule has 1 atom stereocenters. The molecule has 0 amide bonds. The van der Waals surface area contributed by atoms with Crippen molar-refractivity contribution in [3.05, 3.63) is 0 Å². The van der Waals surface area contributed by atoms with E-state index in [2.05, 4.69) is 44.0 Å². The predicted molar refractivity (Wildman–Crippen MR) is 69.2 cm³/mol. The number of nitrogens with one attached hydrogen (secondary N) is 1. The van der Waals surface area contributed by atoms with Gasteiger partial charge in [0.25, 0.3) is 0 Å². The summed E-state index contributed by atoms with van der Waals surface area (Å²) < 4.78 is 0. The molecule has 0 saturated carbocycles. The first kappa shape index (κ1) is 13.8. The van der Waals surface area contributed by atoms with Crippen LogP contribution in [0.1, 0.15) is 13.8 Å². The van der Waals surface area contributed by atoms with Crippen molar-refractivity contribution in [2.45, 2.75) is 39.0 Å². The average Bonchev–Trinajstić information content (AvgIpc) is 2.12. The Bertz CT molecular complexity index is 157. The lowest BCUT2D eigenvalue weighted by Crippen LogP contribution is -2.31. The summed E-state index contributed by atoms with van der Waals surface area (Å²) in [6, 6.07) is 2.82. The lowest BCUT2D eigenvalue weighted by Gasteiger charge is -2.24. The van der Waals surface area contributed by atoms with Crippen molar-refractivity contribution in [3.8, 4) is 0 Å². The van der Waals surface area contributed by atoms with E-state index in [0.29, 0.717) is 0 Å². The highest BCUT2D eigenvalue weighted by molar-refractivity contribution is 6.77. The number of aliphatic imine (C=N–C) groups is 1. The fraction of sp³-hybridized carbons (Fsp3) is 0.909. The molecule has 0 fully saturated rings. The molecule has 0 bridgehead atoms. The Kier molecular flexibility index (Phi) is 7.10. The van der Waals surface area contributed by atoms with E-state index >= 15 is 0 Å². The predicted octanol–water partition coefficient (Wildman–Crippen LogP) is 2.64. The van der Waals surface area contributed by atoms with Gasteiger partial charge in [-0.25, -0.2) is 0 Å². The van der Waals surface area contributed by atoms with Crippen LogP contribution in [0.25, 0.3) is 0 Å². The molecular formula is C11H26N2Si. The van der Waals surface area contributed by atoms with E-state index in [-0.39, 0.29) is 0 Å². The first-order valence-electron chi connectivity index (χ1n) is 5.65. The first-order valence-corrected chi connectivity index (χ1v) is 9.06. The molecule has 0 aromatic heterocycles. The lowest BCUT2D eigenvalue weighted by atomic mass is 10.2. The van der Waals surface area contributed by atoms with Crippen LogP contribution in [0.3, 0.4) is 0 Å². The highest BCUT2D eigenvalue weighted by Crippen LogP contribution is 2.19. The van der Waals surface area contributed by atoms with Crippen LogP contribution in [0.5, 0.6) is 0 Å². The van der Waals surface area contributed by atoms with Crippen molar-refractivity contribution < 1.29 is 0 Å². The van der Waals surface area contributed by atoms with Gasteiger partial charge in [-0.05, 0) is 19.2 Å². The Hall–Kier alpha value is -0.153. The van der Waals surface area contributed by atoms with E-state index in [0.717, 1.165) is 25.6 Å². The number of nitrogens with zero attached hydrogens (tertiary/aromatic N) is 1. The Morgan fingerprint density at radius 2 is 2.07 bits per heavy atom. The van der Waals surface area contributed by atoms with Crippen molar-refractivity contribution in [2.24, 2.45) is 10.9 Å². The monoisotopic (exact) mass is 214 g/mol. The third-order valence-corrected chi connectivity index (χ3v) is 6.51. The second kappa shape index (κ2) is 7.18. The molecule has 0 rings (SSSR count). The molecule has 0 aliphatic carbocycles. The molecule has 0 saturated heterocycles. The Labute approximate surface area is 90.2 Å². The highest BCUT2D eigenvalue weighted by atomic mass is 28.3. The van der Waals surface area contributed by atoms with Crippen molar-refractivity contribution in [2.75, 3.05) is 19.6 Å². The molecule has 0 aromatic rings. The van der Waals surface area contributed by atoms with Gasteiger partial charge in [0.05, 0.1) is 6.54 Å². The fourth-order valence-electron chi connectivity index (χ4n) is 1.67. The molecule has 0 aliphatic rings. The van der Waals surface area contributed by atoms with Crippen LogP contribution in [-0.2, 0) is 0 Å².